The van der Waals surface area contributed by atoms with Crippen LogP contribution in [-0.2, 0) is 26.9 Å². The van der Waals surface area contributed by atoms with E-state index in [-0.39, 0.29) is 18.3 Å². The summed E-state index contributed by atoms with van der Waals surface area (Å²) in [7, 11) is -0.316. The van der Waals surface area contributed by atoms with Crippen molar-refractivity contribution in [1.29, 1.82) is 0 Å². The van der Waals surface area contributed by atoms with Crippen LogP contribution >= 0.6 is 0 Å². The lowest BCUT2D eigenvalue weighted by atomic mass is 9.79. The molecule has 144 valence electrons. The molecule has 5 nitrogen and oxygen atoms in total. The molecule has 2 fully saturated rings. The molecule has 0 aromatic heterocycles. The minimum Gasteiger partial charge on any atom is -0.399 e. The number of rotatable bonds is 5. The van der Waals surface area contributed by atoms with E-state index < -0.39 is 11.1 Å². The highest BCUT2D eigenvalue weighted by Gasteiger charge is 2.51. The van der Waals surface area contributed by atoms with Crippen LogP contribution in [-0.4, -0.2) is 50.8 Å². The summed E-state index contributed by atoms with van der Waals surface area (Å²) in [5.74, 6) is 0.791. The maximum absolute atomic E-state index is 10.9. The molecular formula is C19H30BNO4S. The van der Waals surface area contributed by atoms with E-state index in [1.54, 1.807) is 0 Å². The highest BCUT2D eigenvalue weighted by molar-refractivity contribution is 7.79. The van der Waals surface area contributed by atoms with E-state index in [9.17, 15) is 4.21 Å². The largest absolute Gasteiger partial charge is 0.494 e. The fourth-order valence-corrected chi connectivity index (χ4v) is 4.27. The highest BCUT2D eigenvalue weighted by atomic mass is 32.2. The molecule has 2 saturated heterocycles. The molecule has 0 spiro atoms. The first kappa shape index (κ1) is 20.0. The second-order valence-corrected chi connectivity index (χ2v) is 9.51. The van der Waals surface area contributed by atoms with Crippen LogP contribution in [0.1, 0.15) is 46.1 Å². The molecule has 0 amide bonds. The number of benzene rings is 1. The molecule has 2 aliphatic heterocycles. The van der Waals surface area contributed by atoms with Gasteiger partial charge in [0.1, 0.15) is 0 Å². The summed E-state index contributed by atoms with van der Waals surface area (Å²) in [4.78, 5) is 2.42. The lowest BCUT2D eigenvalue weighted by Gasteiger charge is -2.32. The van der Waals surface area contributed by atoms with Crippen molar-refractivity contribution in [2.75, 3.05) is 18.8 Å². The predicted octanol–water partition coefficient (Wildman–Crippen LogP) is 2.42. The number of likely N-dealkylation sites (tertiary alicyclic amines) is 1. The van der Waals surface area contributed by atoms with Crippen LogP contribution in [0.15, 0.2) is 24.3 Å². The Balaban J connectivity index is 1.54. The van der Waals surface area contributed by atoms with Crippen molar-refractivity contribution in [3.05, 3.63) is 29.8 Å². The first-order valence-corrected chi connectivity index (χ1v) is 10.7. The number of hydrogen-bond donors (Lipinski definition) is 1. The van der Waals surface area contributed by atoms with Gasteiger partial charge in [0.25, 0.3) is 0 Å². The molecule has 2 aliphatic rings. The Labute approximate surface area is 159 Å². The maximum atomic E-state index is 10.9. The number of nitrogens with zero attached hydrogens (tertiary/aromatic N) is 1. The normalized spacial score (nSPS) is 24.7. The molecule has 1 N–H and O–H groups in total. The Bertz CT molecular complexity index is 625. The van der Waals surface area contributed by atoms with E-state index in [0.717, 1.165) is 37.9 Å². The van der Waals surface area contributed by atoms with Crippen molar-refractivity contribution in [1.82, 2.24) is 4.90 Å². The summed E-state index contributed by atoms with van der Waals surface area (Å²) >= 11 is -1.67. The second-order valence-electron chi connectivity index (χ2n) is 8.54. The Morgan fingerprint density at radius 1 is 1.12 bits per heavy atom. The van der Waals surface area contributed by atoms with Crippen LogP contribution in [0, 0.1) is 5.92 Å². The van der Waals surface area contributed by atoms with Gasteiger partial charge in [-0.1, -0.05) is 24.3 Å². The molecule has 3 rings (SSSR count). The maximum Gasteiger partial charge on any atom is 0.494 e. The standard InChI is InChI=1S/C19H30BNO4S/c1-18(2)19(3,4)25-20(24-18)17-7-5-15(6-8-17)13-21-11-9-16(10-12-21)14-26(22)23/h5-8,16H,9-14H2,1-4H3,(H,22,23). The smallest absolute Gasteiger partial charge is 0.399 e. The fourth-order valence-electron chi connectivity index (χ4n) is 3.53. The Morgan fingerprint density at radius 3 is 2.15 bits per heavy atom. The van der Waals surface area contributed by atoms with Gasteiger partial charge in [-0.2, -0.15) is 0 Å². The van der Waals surface area contributed by atoms with E-state index in [0.29, 0.717) is 11.7 Å². The zero-order chi connectivity index (χ0) is 18.9. The minimum atomic E-state index is -1.67. The van der Waals surface area contributed by atoms with Crippen LogP contribution in [0.5, 0.6) is 0 Å². The quantitative estimate of drug-likeness (QED) is 0.629. The summed E-state index contributed by atoms with van der Waals surface area (Å²) in [5.41, 5.74) is 1.68. The molecule has 0 bridgehead atoms. The van der Waals surface area contributed by atoms with E-state index in [1.165, 1.54) is 5.56 Å². The lowest BCUT2D eigenvalue weighted by molar-refractivity contribution is 0.00578. The van der Waals surface area contributed by atoms with Gasteiger partial charge >= 0.3 is 7.12 Å². The third-order valence-electron chi connectivity index (χ3n) is 6.00. The molecule has 0 saturated carbocycles. The summed E-state index contributed by atoms with van der Waals surface area (Å²) in [6.07, 6.45) is 2.00. The monoisotopic (exact) mass is 379 g/mol. The van der Waals surface area contributed by atoms with Gasteiger partial charge in [-0.25, -0.2) is 4.21 Å². The topological polar surface area (TPSA) is 59.0 Å². The van der Waals surface area contributed by atoms with Crippen LogP contribution in [0.25, 0.3) is 0 Å². The van der Waals surface area contributed by atoms with Crippen molar-refractivity contribution in [3.8, 4) is 0 Å². The SMILES string of the molecule is CC1(C)OB(c2ccc(CN3CCC(CS(=O)O)CC3)cc2)OC1(C)C. The van der Waals surface area contributed by atoms with Crippen LogP contribution in [0.3, 0.4) is 0 Å². The van der Waals surface area contributed by atoms with Crippen molar-refractivity contribution in [2.24, 2.45) is 5.92 Å². The van der Waals surface area contributed by atoms with Crippen LogP contribution in [0.4, 0.5) is 0 Å². The summed E-state index contributed by atoms with van der Waals surface area (Å²) in [6, 6.07) is 8.49. The summed E-state index contributed by atoms with van der Waals surface area (Å²) in [6.45, 7) is 11.2. The summed E-state index contributed by atoms with van der Waals surface area (Å²) in [5, 5.41) is 0. The molecule has 1 atom stereocenters. The third-order valence-corrected chi connectivity index (χ3v) is 6.75. The van der Waals surface area contributed by atoms with Crippen LogP contribution < -0.4 is 5.46 Å². The average Bonchev–Trinajstić information content (AvgIpc) is 2.77. The van der Waals surface area contributed by atoms with Gasteiger partial charge in [-0.15, -0.1) is 0 Å². The molecule has 2 heterocycles. The molecule has 1 aromatic rings. The number of hydrogen-bond acceptors (Lipinski definition) is 4. The Hall–Kier alpha value is -0.725. The number of piperidine rings is 1. The van der Waals surface area contributed by atoms with Gasteiger partial charge in [0.2, 0.25) is 0 Å². The van der Waals surface area contributed by atoms with Gasteiger partial charge in [0.15, 0.2) is 11.1 Å². The Kier molecular flexibility index (Phi) is 5.94. The predicted molar refractivity (Wildman–Crippen MR) is 106 cm³/mol. The van der Waals surface area contributed by atoms with Crippen molar-refractivity contribution < 1.29 is 18.1 Å². The van der Waals surface area contributed by atoms with E-state index in [2.05, 4.69) is 56.9 Å². The minimum absolute atomic E-state index is 0.316. The van der Waals surface area contributed by atoms with E-state index in [1.807, 2.05) is 0 Å². The zero-order valence-electron chi connectivity index (χ0n) is 16.2. The fraction of sp³-hybridized carbons (Fsp3) is 0.684. The molecule has 7 heteroatoms. The lowest BCUT2D eigenvalue weighted by Crippen LogP contribution is -2.41. The summed E-state index contributed by atoms with van der Waals surface area (Å²) < 4.78 is 32.2. The van der Waals surface area contributed by atoms with Crippen molar-refractivity contribution >= 4 is 23.7 Å². The Morgan fingerprint density at radius 2 is 1.65 bits per heavy atom. The van der Waals surface area contributed by atoms with Gasteiger partial charge < -0.3 is 13.9 Å². The second kappa shape index (κ2) is 7.72. The molecule has 0 radical (unpaired) electrons. The van der Waals surface area contributed by atoms with E-state index in [4.69, 9.17) is 13.9 Å². The van der Waals surface area contributed by atoms with E-state index >= 15 is 0 Å². The molecule has 0 aliphatic carbocycles. The highest BCUT2D eigenvalue weighted by Crippen LogP contribution is 2.36. The zero-order valence-corrected chi connectivity index (χ0v) is 17.1. The van der Waals surface area contributed by atoms with Crippen molar-refractivity contribution in [2.45, 2.75) is 58.3 Å². The molecule has 1 aromatic carbocycles. The third kappa shape index (κ3) is 4.57. The van der Waals surface area contributed by atoms with Gasteiger partial charge in [-0.3, -0.25) is 4.90 Å². The first-order chi connectivity index (χ1) is 12.2. The molecular weight excluding hydrogens is 349 g/mol. The van der Waals surface area contributed by atoms with Crippen molar-refractivity contribution in [3.63, 3.8) is 0 Å². The van der Waals surface area contributed by atoms with Gasteiger partial charge in [0.05, 0.1) is 17.0 Å². The average molecular weight is 379 g/mol. The van der Waals surface area contributed by atoms with Gasteiger partial charge in [0, 0.05) is 6.54 Å². The van der Waals surface area contributed by atoms with Crippen LogP contribution in [0.2, 0.25) is 0 Å². The molecule has 26 heavy (non-hydrogen) atoms. The molecule has 1 unspecified atom stereocenters. The first-order valence-electron chi connectivity index (χ1n) is 9.40. The van der Waals surface area contributed by atoms with Gasteiger partial charge in [-0.05, 0) is 70.6 Å².